The van der Waals surface area contributed by atoms with Gasteiger partial charge in [-0.3, -0.25) is 4.79 Å². The van der Waals surface area contributed by atoms with Gasteiger partial charge in [-0.1, -0.05) is 24.3 Å². The van der Waals surface area contributed by atoms with E-state index < -0.39 is 23.5 Å². The summed E-state index contributed by atoms with van der Waals surface area (Å²) in [6, 6.07) is 8.13. The molecule has 1 aliphatic heterocycles. The van der Waals surface area contributed by atoms with Crippen LogP contribution in [0.25, 0.3) is 0 Å². The first kappa shape index (κ1) is 21.0. The molecule has 0 saturated carbocycles. The summed E-state index contributed by atoms with van der Waals surface area (Å²) in [6.45, 7) is -0.0491. The van der Waals surface area contributed by atoms with Crippen molar-refractivity contribution in [3.8, 4) is 0 Å². The molecule has 4 nitrogen and oxygen atoms in total. The van der Waals surface area contributed by atoms with Crippen LogP contribution in [-0.4, -0.2) is 23.4 Å². The van der Waals surface area contributed by atoms with E-state index in [1.165, 1.54) is 4.90 Å². The number of alkyl halides is 6. The smallest absolute Gasteiger partial charge is 0.399 e. The third kappa shape index (κ3) is 3.64. The molecular formula is C19H16F6N2O2. The van der Waals surface area contributed by atoms with Crippen molar-refractivity contribution in [2.75, 3.05) is 10.6 Å². The number of hydrogen-bond donors (Lipinski definition) is 2. The van der Waals surface area contributed by atoms with Crippen LogP contribution in [0, 0.1) is 0 Å². The van der Waals surface area contributed by atoms with Gasteiger partial charge in [-0.15, -0.1) is 0 Å². The van der Waals surface area contributed by atoms with Gasteiger partial charge in [0.25, 0.3) is 5.60 Å². The van der Waals surface area contributed by atoms with E-state index in [0.29, 0.717) is 35.5 Å². The summed E-state index contributed by atoms with van der Waals surface area (Å²) in [7, 11) is 0. The van der Waals surface area contributed by atoms with Crippen LogP contribution in [0.3, 0.4) is 0 Å². The average molecular weight is 418 g/mol. The van der Waals surface area contributed by atoms with Gasteiger partial charge in [-0.25, -0.2) is 0 Å². The van der Waals surface area contributed by atoms with E-state index in [2.05, 4.69) is 0 Å². The van der Waals surface area contributed by atoms with Crippen molar-refractivity contribution in [3.05, 3.63) is 59.2 Å². The summed E-state index contributed by atoms with van der Waals surface area (Å²) < 4.78 is 77.9. The number of carbonyl (C=O) groups excluding carboxylic acids is 1. The Morgan fingerprint density at radius 2 is 1.52 bits per heavy atom. The van der Waals surface area contributed by atoms with Crippen molar-refractivity contribution in [1.29, 1.82) is 0 Å². The summed E-state index contributed by atoms with van der Waals surface area (Å²) in [5.74, 6) is -0.228. The molecule has 0 fully saturated rings. The number of nitrogens with two attached hydrogens (primary N) is 1. The molecule has 0 radical (unpaired) electrons. The predicted octanol–water partition coefficient (Wildman–Crippen LogP) is 4.06. The number of rotatable bonds is 3. The highest BCUT2D eigenvalue weighted by Gasteiger charge is 2.71. The minimum atomic E-state index is -5.95. The van der Waals surface area contributed by atoms with E-state index in [4.69, 9.17) is 5.73 Å². The standard InChI is InChI=1S/C19H16F6N2O2/c20-18(21,22)17(29,19(23,24)25)13-4-1-11(2-5-13)10-27-15-7-6-14(26)9-12(15)3-8-16(27)28/h1-2,4-7,9,29H,3,8,10,26H2. The van der Waals surface area contributed by atoms with E-state index >= 15 is 0 Å². The lowest BCUT2D eigenvalue weighted by atomic mass is 9.91. The van der Waals surface area contributed by atoms with Gasteiger partial charge < -0.3 is 15.7 Å². The normalized spacial score (nSPS) is 15.4. The first-order valence-corrected chi connectivity index (χ1v) is 8.48. The molecule has 0 aromatic heterocycles. The maximum Gasteiger partial charge on any atom is 0.430 e. The van der Waals surface area contributed by atoms with Gasteiger partial charge in [0.15, 0.2) is 0 Å². The monoisotopic (exact) mass is 418 g/mol. The Kier molecular flexibility index (Phi) is 5.02. The lowest BCUT2D eigenvalue weighted by molar-refractivity contribution is -0.376. The number of aryl methyl sites for hydroxylation is 1. The van der Waals surface area contributed by atoms with Crippen LogP contribution in [-0.2, 0) is 23.4 Å². The Morgan fingerprint density at radius 3 is 2.07 bits per heavy atom. The topological polar surface area (TPSA) is 66.6 Å². The fraction of sp³-hybridized carbons (Fsp3) is 0.316. The van der Waals surface area contributed by atoms with E-state index in [1.807, 2.05) is 0 Å². The molecule has 1 heterocycles. The van der Waals surface area contributed by atoms with E-state index in [1.54, 1.807) is 18.2 Å². The number of nitrogen functional groups attached to an aromatic ring is 1. The van der Waals surface area contributed by atoms with Crippen molar-refractivity contribution >= 4 is 17.3 Å². The number of carbonyl (C=O) groups is 1. The van der Waals surface area contributed by atoms with Crippen LogP contribution < -0.4 is 10.6 Å². The van der Waals surface area contributed by atoms with E-state index in [9.17, 15) is 36.2 Å². The van der Waals surface area contributed by atoms with Crippen LogP contribution in [0.1, 0.15) is 23.1 Å². The second-order valence-corrected chi connectivity index (χ2v) is 6.77. The summed E-state index contributed by atoms with van der Waals surface area (Å²) in [6.07, 6.45) is -11.2. The van der Waals surface area contributed by atoms with Crippen molar-refractivity contribution in [2.45, 2.75) is 37.3 Å². The maximum atomic E-state index is 13.0. The van der Waals surface area contributed by atoms with E-state index in [0.717, 1.165) is 17.7 Å². The van der Waals surface area contributed by atoms with Crippen LogP contribution in [0.4, 0.5) is 37.7 Å². The largest absolute Gasteiger partial charge is 0.430 e. The number of anilines is 2. The lowest BCUT2D eigenvalue weighted by Gasteiger charge is -2.33. The number of aliphatic hydroxyl groups is 1. The fourth-order valence-electron chi connectivity index (χ4n) is 3.28. The molecule has 3 rings (SSSR count). The molecule has 2 aromatic rings. The summed E-state index contributed by atoms with van der Waals surface area (Å²) in [5.41, 5.74) is 1.63. The highest BCUT2D eigenvalue weighted by Crippen LogP contribution is 2.50. The highest BCUT2D eigenvalue weighted by molar-refractivity contribution is 5.96. The van der Waals surface area contributed by atoms with Gasteiger partial charge in [0.05, 0.1) is 6.54 Å². The molecule has 0 spiro atoms. The summed E-state index contributed by atoms with van der Waals surface area (Å²) in [4.78, 5) is 13.7. The maximum absolute atomic E-state index is 13.0. The Morgan fingerprint density at radius 1 is 0.931 bits per heavy atom. The second kappa shape index (κ2) is 6.94. The number of hydrogen-bond acceptors (Lipinski definition) is 3. The molecule has 0 atom stereocenters. The molecule has 0 aliphatic carbocycles. The zero-order valence-electron chi connectivity index (χ0n) is 14.8. The first-order valence-electron chi connectivity index (χ1n) is 8.48. The minimum Gasteiger partial charge on any atom is -0.399 e. The quantitative estimate of drug-likeness (QED) is 0.584. The molecule has 0 saturated heterocycles. The van der Waals surface area contributed by atoms with Crippen LogP contribution in [0.2, 0.25) is 0 Å². The average Bonchev–Trinajstić information content (AvgIpc) is 2.62. The van der Waals surface area contributed by atoms with Gasteiger partial charge >= 0.3 is 12.4 Å². The van der Waals surface area contributed by atoms with Gasteiger partial charge in [0, 0.05) is 23.4 Å². The molecule has 1 aliphatic rings. The predicted molar refractivity (Wildman–Crippen MR) is 92.8 cm³/mol. The van der Waals surface area contributed by atoms with Gasteiger partial charge in [-0.05, 0) is 35.7 Å². The Balaban J connectivity index is 1.91. The first-order chi connectivity index (χ1) is 13.3. The number of benzene rings is 2. The molecule has 0 unspecified atom stereocenters. The fourth-order valence-corrected chi connectivity index (χ4v) is 3.28. The van der Waals surface area contributed by atoms with Crippen LogP contribution in [0.15, 0.2) is 42.5 Å². The lowest BCUT2D eigenvalue weighted by Crippen LogP contribution is -2.53. The summed E-state index contributed by atoms with van der Waals surface area (Å²) in [5, 5.41) is 9.44. The Bertz CT molecular complexity index is 908. The Labute approximate surface area is 161 Å². The molecular weight excluding hydrogens is 402 g/mol. The minimum absolute atomic E-state index is 0.0491. The third-order valence-corrected chi connectivity index (χ3v) is 4.84. The Hall–Kier alpha value is -2.75. The molecule has 0 bridgehead atoms. The zero-order valence-corrected chi connectivity index (χ0v) is 14.8. The highest BCUT2D eigenvalue weighted by atomic mass is 19.4. The summed E-state index contributed by atoms with van der Waals surface area (Å²) >= 11 is 0. The SMILES string of the molecule is Nc1ccc2c(c1)CCC(=O)N2Cc1ccc(C(O)(C(F)(F)F)C(F)(F)F)cc1. The van der Waals surface area contributed by atoms with Gasteiger partial charge in [0.1, 0.15) is 0 Å². The van der Waals surface area contributed by atoms with Crippen LogP contribution in [0.5, 0.6) is 0 Å². The number of amides is 1. The molecule has 2 aromatic carbocycles. The number of nitrogens with zero attached hydrogens (tertiary/aromatic N) is 1. The molecule has 1 amide bonds. The van der Waals surface area contributed by atoms with Gasteiger partial charge in [0.2, 0.25) is 5.91 Å². The molecule has 10 heteroatoms. The number of halogens is 6. The second-order valence-electron chi connectivity index (χ2n) is 6.77. The van der Waals surface area contributed by atoms with Crippen molar-refractivity contribution in [1.82, 2.24) is 0 Å². The molecule has 156 valence electrons. The van der Waals surface area contributed by atoms with E-state index in [-0.39, 0.29) is 18.9 Å². The van der Waals surface area contributed by atoms with Crippen molar-refractivity contribution < 1.29 is 36.2 Å². The molecule has 29 heavy (non-hydrogen) atoms. The third-order valence-electron chi connectivity index (χ3n) is 4.84. The number of fused-ring (bicyclic) bond motifs is 1. The van der Waals surface area contributed by atoms with Crippen molar-refractivity contribution in [2.24, 2.45) is 0 Å². The van der Waals surface area contributed by atoms with Gasteiger partial charge in [-0.2, -0.15) is 26.3 Å². The zero-order chi connectivity index (χ0) is 21.6. The van der Waals surface area contributed by atoms with Crippen molar-refractivity contribution in [3.63, 3.8) is 0 Å². The molecule has 3 N–H and O–H groups in total. The van der Waals surface area contributed by atoms with Crippen LogP contribution >= 0.6 is 0 Å².